The Morgan fingerprint density at radius 3 is 2.88 bits per heavy atom. The minimum atomic E-state index is 0.578. The van der Waals surface area contributed by atoms with Gasteiger partial charge in [0.1, 0.15) is 0 Å². The van der Waals surface area contributed by atoms with Crippen molar-refractivity contribution in [1.82, 2.24) is 4.98 Å². The Morgan fingerprint density at radius 1 is 1.47 bits per heavy atom. The summed E-state index contributed by atoms with van der Waals surface area (Å²) >= 11 is 3.39. The topological polar surface area (TPSA) is 42.2 Å². The number of nitrogens with zero attached hydrogens (tertiary/aromatic N) is 2. The average molecular weight is 298 g/mol. The summed E-state index contributed by atoms with van der Waals surface area (Å²) in [5.74, 6) is 1.72. The minimum absolute atomic E-state index is 0.578. The van der Waals surface area contributed by atoms with E-state index >= 15 is 0 Å². The quantitative estimate of drug-likeness (QED) is 0.909. The van der Waals surface area contributed by atoms with Crippen molar-refractivity contribution in [1.29, 1.82) is 0 Å². The predicted octanol–water partition coefficient (Wildman–Crippen LogP) is 3.44. The zero-order valence-corrected chi connectivity index (χ0v) is 12.1. The molecule has 0 saturated heterocycles. The average Bonchev–Trinajstić information content (AvgIpc) is 2.28. The van der Waals surface area contributed by atoms with E-state index in [0.717, 1.165) is 21.9 Å². The molecular formula is C13H20BrN3. The van der Waals surface area contributed by atoms with Crippen molar-refractivity contribution in [3.8, 4) is 0 Å². The number of halogens is 1. The van der Waals surface area contributed by atoms with Gasteiger partial charge in [-0.1, -0.05) is 19.8 Å². The Balaban J connectivity index is 2.15. The van der Waals surface area contributed by atoms with E-state index in [0.29, 0.717) is 6.04 Å². The maximum absolute atomic E-state index is 6.03. The molecule has 0 aliphatic heterocycles. The van der Waals surface area contributed by atoms with Gasteiger partial charge in [-0.25, -0.2) is 4.98 Å². The number of nitrogen functional groups attached to an aromatic ring is 1. The Labute approximate surface area is 112 Å². The monoisotopic (exact) mass is 297 g/mol. The Bertz CT molecular complexity index is 394. The van der Waals surface area contributed by atoms with Crippen molar-refractivity contribution in [2.75, 3.05) is 17.7 Å². The molecule has 1 aliphatic rings. The molecule has 1 heterocycles. The standard InChI is InChI=1S/C13H20BrN3/c1-9-4-3-5-11(6-9)17(2)13-12(15)7-10(14)8-16-13/h7-9,11H,3-6,15H2,1-2H3. The Hall–Kier alpha value is -0.770. The van der Waals surface area contributed by atoms with E-state index in [1.807, 2.05) is 12.3 Å². The lowest BCUT2D eigenvalue weighted by Gasteiger charge is -2.35. The molecule has 0 bridgehead atoms. The fourth-order valence-electron chi connectivity index (χ4n) is 2.67. The molecule has 3 nitrogen and oxygen atoms in total. The number of hydrogen-bond donors (Lipinski definition) is 1. The van der Waals surface area contributed by atoms with E-state index < -0.39 is 0 Å². The molecule has 0 amide bonds. The van der Waals surface area contributed by atoms with Crippen molar-refractivity contribution < 1.29 is 0 Å². The highest BCUT2D eigenvalue weighted by Gasteiger charge is 2.24. The number of nitrogens with two attached hydrogens (primary N) is 1. The number of rotatable bonds is 2. The molecular weight excluding hydrogens is 278 g/mol. The largest absolute Gasteiger partial charge is 0.396 e. The summed E-state index contributed by atoms with van der Waals surface area (Å²) in [5.41, 5.74) is 6.78. The van der Waals surface area contributed by atoms with Gasteiger partial charge in [-0.2, -0.15) is 0 Å². The van der Waals surface area contributed by atoms with E-state index in [9.17, 15) is 0 Å². The van der Waals surface area contributed by atoms with E-state index in [2.05, 4.69) is 39.8 Å². The lowest BCUT2D eigenvalue weighted by Crippen LogP contribution is -2.36. The molecule has 4 heteroatoms. The molecule has 94 valence electrons. The summed E-state index contributed by atoms with van der Waals surface area (Å²) in [6, 6.07) is 2.50. The van der Waals surface area contributed by atoms with Crippen LogP contribution in [-0.2, 0) is 0 Å². The van der Waals surface area contributed by atoms with Gasteiger partial charge in [0.15, 0.2) is 5.82 Å². The normalized spacial score (nSPS) is 24.6. The van der Waals surface area contributed by atoms with Crippen molar-refractivity contribution in [3.63, 3.8) is 0 Å². The SMILES string of the molecule is CC1CCCC(N(C)c2ncc(Br)cc2N)C1. The zero-order chi connectivity index (χ0) is 12.4. The number of aromatic nitrogens is 1. The van der Waals surface area contributed by atoms with E-state index in [1.165, 1.54) is 25.7 Å². The second kappa shape index (κ2) is 5.25. The first-order valence-electron chi connectivity index (χ1n) is 6.21. The summed E-state index contributed by atoms with van der Waals surface area (Å²) in [6.45, 7) is 2.33. The predicted molar refractivity (Wildman–Crippen MR) is 76.2 cm³/mol. The molecule has 0 radical (unpaired) electrons. The number of hydrogen-bond acceptors (Lipinski definition) is 3. The van der Waals surface area contributed by atoms with Gasteiger partial charge < -0.3 is 10.6 Å². The van der Waals surface area contributed by atoms with Crippen LogP contribution in [0, 0.1) is 5.92 Å². The molecule has 0 aromatic carbocycles. The third kappa shape index (κ3) is 2.92. The highest BCUT2D eigenvalue weighted by atomic mass is 79.9. The second-order valence-corrected chi connectivity index (χ2v) is 6.02. The minimum Gasteiger partial charge on any atom is -0.396 e. The highest BCUT2D eigenvalue weighted by molar-refractivity contribution is 9.10. The van der Waals surface area contributed by atoms with Crippen LogP contribution in [0.2, 0.25) is 0 Å². The molecule has 1 aromatic rings. The van der Waals surface area contributed by atoms with Crippen LogP contribution in [0.1, 0.15) is 32.6 Å². The molecule has 17 heavy (non-hydrogen) atoms. The van der Waals surface area contributed by atoms with E-state index in [4.69, 9.17) is 5.73 Å². The van der Waals surface area contributed by atoms with Gasteiger partial charge in [0.05, 0.1) is 5.69 Å². The molecule has 1 aliphatic carbocycles. The van der Waals surface area contributed by atoms with Gasteiger partial charge in [-0.05, 0) is 40.8 Å². The van der Waals surface area contributed by atoms with Gasteiger partial charge in [0.2, 0.25) is 0 Å². The number of anilines is 2. The molecule has 2 N–H and O–H groups in total. The third-order valence-corrected chi connectivity index (χ3v) is 4.09. The first-order chi connectivity index (χ1) is 8.08. The van der Waals surface area contributed by atoms with Crippen LogP contribution in [-0.4, -0.2) is 18.1 Å². The first-order valence-corrected chi connectivity index (χ1v) is 7.01. The smallest absolute Gasteiger partial charge is 0.151 e. The van der Waals surface area contributed by atoms with Crippen LogP contribution in [0.5, 0.6) is 0 Å². The van der Waals surface area contributed by atoms with Crippen LogP contribution in [0.25, 0.3) is 0 Å². The fourth-order valence-corrected chi connectivity index (χ4v) is 3.02. The van der Waals surface area contributed by atoms with Crippen molar-refractivity contribution in [3.05, 3.63) is 16.7 Å². The van der Waals surface area contributed by atoms with Crippen LogP contribution in [0.4, 0.5) is 11.5 Å². The maximum atomic E-state index is 6.03. The number of pyridine rings is 1. The van der Waals surface area contributed by atoms with E-state index in [1.54, 1.807) is 0 Å². The Kier molecular flexibility index (Phi) is 3.92. The molecule has 1 aromatic heterocycles. The van der Waals surface area contributed by atoms with Crippen LogP contribution in [0.3, 0.4) is 0 Å². The van der Waals surface area contributed by atoms with Gasteiger partial charge in [-0.3, -0.25) is 0 Å². The van der Waals surface area contributed by atoms with Crippen LogP contribution in [0.15, 0.2) is 16.7 Å². The molecule has 1 fully saturated rings. The third-order valence-electron chi connectivity index (χ3n) is 3.65. The summed E-state index contributed by atoms with van der Waals surface area (Å²) in [5, 5.41) is 0. The molecule has 2 rings (SSSR count). The summed E-state index contributed by atoms with van der Waals surface area (Å²) in [6.07, 6.45) is 6.97. The molecule has 2 atom stereocenters. The van der Waals surface area contributed by atoms with Gasteiger partial charge in [0, 0.05) is 23.8 Å². The lowest BCUT2D eigenvalue weighted by atomic mass is 9.86. The molecule has 0 spiro atoms. The maximum Gasteiger partial charge on any atom is 0.151 e. The summed E-state index contributed by atoms with van der Waals surface area (Å²) in [4.78, 5) is 6.68. The van der Waals surface area contributed by atoms with Gasteiger partial charge >= 0.3 is 0 Å². The molecule has 2 unspecified atom stereocenters. The van der Waals surface area contributed by atoms with Crippen LogP contribution < -0.4 is 10.6 Å². The molecule has 1 saturated carbocycles. The lowest BCUT2D eigenvalue weighted by molar-refractivity contribution is 0.336. The van der Waals surface area contributed by atoms with Gasteiger partial charge in [-0.15, -0.1) is 0 Å². The van der Waals surface area contributed by atoms with Crippen LogP contribution >= 0.6 is 15.9 Å². The Morgan fingerprint density at radius 2 is 2.24 bits per heavy atom. The fraction of sp³-hybridized carbons (Fsp3) is 0.615. The van der Waals surface area contributed by atoms with Crippen molar-refractivity contribution in [2.24, 2.45) is 5.92 Å². The summed E-state index contributed by atoms with van der Waals surface area (Å²) in [7, 11) is 2.11. The summed E-state index contributed by atoms with van der Waals surface area (Å²) < 4.78 is 0.934. The highest BCUT2D eigenvalue weighted by Crippen LogP contribution is 2.31. The first kappa shape index (κ1) is 12.7. The van der Waals surface area contributed by atoms with Gasteiger partial charge in [0.25, 0.3) is 0 Å². The van der Waals surface area contributed by atoms with Crippen molar-refractivity contribution >= 4 is 27.4 Å². The van der Waals surface area contributed by atoms with Crippen molar-refractivity contribution in [2.45, 2.75) is 38.6 Å². The van der Waals surface area contributed by atoms with E-state index in [-0.39, 0.29) is 0 Å². The second-order valence-electron chi connectivity index (χ2n) is 5.10. The zero-order valence-electron chi connectivity index (χ0n) is 10.5.